The van der Waals surface area contributed by atoms with Crippen molar-refractivity contribution in [2.24, 2.45) is 0 Å². The van der Waals surface area contributed by atoms with Crippen LogP contribution in [0.2, 0.25) is 0 Å². The summed E-state index contributed by atoms with van der Waals surface area (Å²) in [6.45, 7) is 5.95. The fourth-order valence-corrected chi connectivity index (χ4v) is 2.02. The molecular formula is C16H17NO4. The first-order valence-electron chi connectivity index (χ1n) is 6.54. The lowest BCUT2D eigenvalue weighted by Gasteiger charge is -2.12. The Kier molecular flexibility index (Phi) is 4.42. The Hall–Kier alpha value is -2.56. The predicted octanol–water partition coefficient (Wildman–Crippen LogP) is 3.28. The van der Waals surface area contributed by atoms with Crippen LogP contribution in [0.1, 0.15) is 28.1 Å². The summed E-state index contributed by atoms with van der Waals surface area (Å²) < 4.78 is 11.0. The van der Waals surface area contributed by atoms with Crippen LogP contribution < -0.4 is 4.74 Å². The van der Waals surface area contributed by atoms with E-state index in [4.69, 9.17) is 14.4 Å². The highest BCUT2D eigenvalue weighted by Crippen LogP contribution is 2.26. The van der Waals surface area contributed by atoms with Crippen molar-refractivity contribution < 1.29 is 19.2 Å². The standard InChI is InChI=1S/C16H17NO4/c1-10-5-4-6-13(7-8-15(18)19)16(10)20-9-14-11(2)17-21-12(14)3/h4-8H,9H2,1-3H3,(H,18,19)/b8-7+. The van der Waals surface area contributed by atoms with E-state index in [2.05, 4.69) is 5.16 Å². The number of aromatic nitrogens is 1. The van der Waals surface area contributed by atoms with Crippen LogP contribution in [-0.4, -0.2) is 16.2 Å². The maximum Gasteiger partial charge on any atom is 0.328 e. The molecule has 1 aromatic heterocycles. The summed E-state index contributed by atoms with van der Waals surface area (Å²) in [5, 5.41) is 12.6. The maximum atomic E-state index is 10.7. The van der Waals surface area contributed by atoms with Crippen LogP contribution in [0.15, 0.2) is 28.8 Å². The van der Waals surface area contributed by atoms with Crippen molar-refractivity contribution in [2.45, 2.75) is 27.4 Å². The van der Waals surface area contributed by atoms with Gasteiger partial charge in [0.2, 0.25) is 0 Å². The zero-order valence-corrected chi connectivity index (χ0v) is 12.2. The molecule has 0 atom stereocenters. The second-order valence-corrected chi connectivity index (χ2v) is 4.76. The van der Waals surface area contributed by atoms with Crippen molar-refractivity contribution in [3.63, 3.8) is 0 Å². The van der Waals surface area contributed by atoms with E-state index in [-0.39, 0.29) is 0 Å². The van der Waals surface area contributed by atoms with Crippen LogP contribution in [0.5, 0.6) is 5.75 Å². The van der Waals surface area contributed by atoms with Crippen LogP contribution in [0.4, 0.5) is 0 Å². The molecule has 0 spiro atoms. The Morgan fingerprint density at radius 3 is 2.76 bits per heavy atom. The molecule has 0 aliphatic carbocycles. The summed E-state index contributed by atoms with van der Waals surface area (Å²) in [7, 11) is 0. The smallest absolute Gasteiger partial charge is 0.328 e. The molecule has 0 bridgehead atoms. The van der Waals surface area contributed by atoms with Gasteiger partial charge in [-0.05, 0) is 32.4 Å². The fourth-order valence-electron chi connectivity index (χ4n) is 2.02. The normalized spacial score (nSPS) is 11.0. The lowest BCUT2D eigenvalue weighted by atomic mass is 10.1. The number of ether oxygens (including phenoxy) is 1. The molecule has 1 N–H and O–H groups in total. The summed E-state index contributed by atoms with van der Waals surface area (Å²) in [6, 6.07) is 5.59. The molecule has 5 heteroatoms. The summed E-state index contributed by atoms with van der Waals surface area (Å²) >= 11 is 0. The van der Waals surface area contributed by atoms with Crippen molar-refractivity contribution in [2.75, 3.05) is 0 Å². The number of hydrogen-bond acceptors (Lipinski definition) is 4. The Morgan fingerprint density at radius 2 is 2.14 bits per heavy atom. The number of carboxylic acid groups (broad SMARTS) is 1. The van der Waals surface area contributed by atoms with Gasteiger partial charge in [0, 0.05) is 11.6 Å². The molecule has 2 aromatic rings. The Balaban J connectivity index is 2.25. The Morgan fingerprint density at radius 1 is 1.38 bits per heavy atom. The van der Waals surface area contributed by atoms with Crippen molar-refractivity contribution in [1.29, 1.82) is 0 Å². The molecule has 0 amide bonds. The maximum absolute atomic E-state index is 10.7. The lowest BCUT2D eigenvalue weighted by molar-refractivity contribution is -0.131. The van der Waals surface area contributed by atoms with Gasteiger partial charge in [-0.1, -0.05) is 23.4 Å². The van der Waals surface area contributed by atoms with Crippen molar-refractivity contribution in [1.82, 2.24) is 5.16 Å². The second kappa shape index (κ2) is 6.26. The van der Waals surface area contributed by atoms with Crippen molar-refractivity contribution >= 4 is 12.0 Å². The molecule has 0 saturated heterocycles. The number of aryl methyl sites for hydroxylation is 3. The zero-order chi connectivity index (χ0) is 15.4. The van der Waals surface area contributed by atoms with Gasteiger partial charge in [-0.25, -0.2) is 4.79 Å². The molecule has 0 radical (unpaired) electrons. The Labute approximate surface area is 122 Å². The number of hydrogen-bond donors (Lipinski definition) is 1. The van der Waals surface area contributed by atoms with E-state index in [9.17, 15) is 4.79 Å². The minimum atomic E-state index is -0.992. The van der Waals surface area contributed by atoms with Crippen LogP contribution in [0.25, 0.3) is 6.08 Å². The largest absolute Gasteiger partial charge is 0.488 e. The minimum Gasteiger partial charge on any atom is -0.488 e. The monoisotopic (exact) mass is 287 g/mol. The van der Waals surface area contributed by atoms with E-state index in [1.54, 1.807) is 0 Å². The summed E-state index contributed by atoms with van der Waals surface area (Å²) in [5.74, 6) is 0.395. The van der Waals surface area contributed by atoms with Gasteiger partial charge in [-0.2, -0.15) is 0 Å². The van der Waals surface area contributed by atoms with Crippen molar-refractivity contribution in [3.05, 3.63) is 52.4 Å². The molecule has 5 nitrogen and oxygen atoms in total. The minimum absolute atomic E-state index is 0.333. The number of carbonyl (C=O) groups is 1. The lowest BCUT2D eigenvalue weighted by Crippen LogP contribution is -2.01. The van der Waals surface area contributed by atoms with E-state index in [0.29, 0.717) is 12.4 Å². The highest BCUT2D eigenvalue weighted by atomic mass is 16.5. The van der Waals surface area contributed by atoms with Gasteiger partial charge in [0.25, 0.3) is 0 Å². The van der Waals surface area contributed by atoms with Gasteiger partial charge in [0.1, 0.15) is 18.1 Å². The average Bonchev–Trinajstić information content (AvgIpc) is 2.75. The van der Waals surface area contributed by atoms with Gasteiger partial charge in [-0.3, -0.25) is 0 Å². The van der Waals surface area contributed by atoms with E-state index >= 15 is 0 Å². The molecule has 1 heterocycles. The van der Waals surface area contributed by atoms with E-state index in [1.165, 1.54) is 6.08 Å². The fraction of sp³-hybridized carbons (Fsp3) is 0.250. The molecule has 0 saturated carbocycles. The molecule has 2 rings (SSSR count). The van der Waals surface area contributed by atoms with Crippen LogP contribution in [0, 0.1) is 20.8 Å². The number of nitrogens with zero attached hydrogens (tertiary/aromatic N) is 1. The first kappa shape index (κ1) is 14.8. The molecule has 21 heavy (non-hydrogen) atoms. The van der Waals surface area contributed by atoms with Crippen LogP contribution >= 0.6 is 0 Å². The third-order valence-electron chi connectivity index (χ3n) is 3.19. The van der Waals surface area contributed by atoms with Crippen LogP contribution in [0.3, 0.4) is 0 Å². The number of carboxylic acids is 1. The number of benzene rings is 1. The van der Waals surface area contributed by atoms with Crippen LogP contribution in [-0.2, 0) is 11.4 Å². The van der Waals surface area contributed by atoms with Gasteiger partial charge in [0.15, 0.2) is 0 Å². The summed E-state index contributed by atoms with van der Waals surface area (Å²) in [4.78, 5) is 10.7. The summed E-state index contributed by atoms with van der Waals surface area (Å²) in [5.41, 5.74) is 3.37. The predicted molar refractivity (Wildman–Crippen MR) is 78.2 cm³/mol. The van der Waals surface area contributed by atoms with E-state index < -0.39 is 5.97 Å². The van der Waals surface area contributed by atoms with E-state index in [1.807, 2.05) is 39.0 Å². The number of para-hydroxylation sites is 1. The number of rotatable bonds is 5. The zero-order valence-electron chi connectivity index (χ0n) is 12.2. The Bertz CT molecular complexity index is 666. The molecule has 0 fully saturated rings. The third kappa shape index (κ3) is 3.51. The number of aliphatic carboxylic acids is 1. The first-order valence-corrected chi connectivity index (χ1v) is 6.54. The highest BCUT2D eigenvalue weighted by Gasteiger charge is 2.12. The van der Waals surface area contributed by atoms with Gasteiger partial charge < -0.3 is 14.4 Å². The quantitative estimate of drug-likeness (QED) is 0.854. The van der Waals surface area contributed by atoms with Gasteiger partial charge in [0.05, 0.1) is 11.3 Å². The van der Waals surface area contributed by atoms with Gasteiger partial charge >= 0.3 is 5.97 Å². The van der Waals surface area contributed by atoms with E-state index in [0.717, 1.165) is 34.2 Å². The SMILES string of the molecule is Cc1cccc(/C=C/C(=O)O)c1OCc1c(C)noc1C. The molecule has 110 valence electrons. The summed E-state index contributed by atoms with van der Waals surface area (Å²) in [6.07, 6.45) is 2.62. The van der Waals surface area contributed by atoms with Crippen molar-refractivity contribution in [3.8, 4) is 5.75 Å². The average molecular weight is 287 g/mol. The van der Waals surface area contributed by atoms with Gasteiger partial charge in [-0.15, -0.1) is 0 Å². The topological polar surface area (TPSA) is 72.6 Å². The highest BCUT2D eigenvalue weighted by molar-refractivity contribution is 5.86. The molecule has 0 unspecified atom stereocenters. The third-order valence-corrected chi connectivity index (χ3v) is 3.19. The second-order valence-electron chi connectivity index (χ2n) is 4.76. The first-order chi connectivity index (χ1) is 9.99. The molecule has 0 aliphatic heterocycles. The molecular weight excluding hydrogens is 270 g/mol. The molecule has 0 aliphatic rings. The molecule has 1 aromatic carbocycles.